The molecule has 4 heteroatoms. The van der Waals surface area contributed by atoms with Gasteiger partial charge in [0, 0.05) is 22.8 Å². The van der Waals surface area contributed by atoms with E-state index in [2.05, 4.69) is 34.3 Å². The van der Waals surface area contributed by atoms with Gasteiger partial charge >= 0.3 is 0 Å². The Kier molecular flexibility index (Phi) is 28.1. The predicted octanol–water partition coefficient (Wildman–Crippen LogP) is 11.4. The van der Waals surface area contributed by atoms with Gasteiger partial charge in [0.2, 0.25) is 0 Å². The second-order valence-corrected chi connectivity index (χ2v) is 9.55. The molecule has 0 aromatic heterocycles. The average Bonchev–Trinajstić information content (AvgIpc) is 2.80. The monoisotopic (exact) mass is 493 g/mol. The maximum absolute atomic E-state index is 4.53. The summed E-state index contributed by atoms with van der Waals surface area (Å²) >= 11 is 0. The van der Waals surface area contributed by atoms with Crippen molar-refractivity contribution in [2.24, 2.45) is 20.4 Å². The third kappa shape index (κ3) is 18.6. The normalized spacial score (nSPS) is 14.7. The molecule has 2 rings (SSSR count). The lowest BCUT2D eigenvalue weighted by atomic mass is 9.99. The van der Waals surface area contributed by atoms with Crippen LogP contribution in [0.25, 0.3) is 0 Å². The maximum Gasteiger partial charge on any atom is 0.0409 e. The molecule has 0 unspecified atom stereocenters. The first-order valence-electron chi connectivity index (χ1n) is 13.5. The van der Waals surface area contributed by atoms with Crippen molar-refractivity contribution >= 4 is 22.8 Å². The lowest BCUT2D eigenvalue weighted by molar-refractivity contribution is 0.640. The third-order valence-electron chi connectivity index (χ3n) is 6.64. The zero-order chi connectivity index (χ0) is 22.0. The van der Waals surface area contributed by atoms with Crippen LogP contribution in [-0.4, -0.2) is 22.8 Å². The predicted molar refractivity (Wildman–Crippen MR) is 165 cm³/mol. The molecule has 0 atom stereocenters. The number of hydrogen-bond donors (Lipinski definition) is 0. The SMILES string of the molecule is C.C.C.C.CCCCCCCC1=NN=C(CCCCCC2=NN=C(CCCCCCC)CC2)CC1. The van der Waals surface area contributed by atoms with Gasteiger partial charge in [0.15, 0.2) is 0 Å². The van der Waals surface area contributed by atoms with E-state index in [0.29, 0.717) is 0 Å². The summed E-state index contributed by atoms with van der Waals surface area (Å²) in [5.41, 5.74) is 5.30. The fraction of sp³-hybridized carbons (Fsp3) is 0.871. The average molecular weight is 493 g/mol. The molecule has 2 heterocycles. The van der Waals surface area contributed by atoms with Crippen LogP contribution in [0.1, 0.15) is 178 Å². The minimum Gasteiger partial charge on any atom is -0.160 e. The van der Waals surface area contributed by atoms with E-state index in [1.54, 1.807) is 0 Å². The standard InChI is InChI=1S/C27H48N4.4CH4/c1-3-5-7-9-12-16-24-20-22-26(30-28-24)18-14-11-15-19-27-23-21-25(29-31-27)17-13-10-8-6-4-2;;;;/h3-23H2,1-2H3;4*1H4. The van der Waals surface area contributed by atoms with E-state index >= 15 is 0 Å². The zero-order valence-electron chi connectivity index (χ0n) is 20.6. The molecule has 0 fully saturated rings. The molecule has 0 bridgehead atoms. The molecular formula is C31H64N4. The number of unbranched alkanes of at least 4 members (excludes halogenated alkanes) is 10. The largest absolute Gasteiger partial charge is 0.160 e. The van der Waals surface area contributed by atoms with E-state index in [1.807, 2.05) is 0 Å². The van der Waals surface area contributed by atoms with Crippen LogP contribution in [0.3, 0.4) is 0 Å². The molecular weight excluding hydrogens is 428 g/mol. The first-order valence-corrected chi connectivity index (χ1v) is 13.5. The minimum atomic E-state index is 0. The van der Waals surface area contributed by atoms with E-state index in [4.69, 9.17) is 0 Å². The van der Waals surface area contributed by atoms with E-state index in [0.717, 1.165) is 51.4 Å². The summed E-state index contributed by atoms with van der Waals surface area (Å²) in [5, 5.41) is 18.1. The molecule has 0 radical (unpaired) electrons. The molecule has 0 aromatic rings. The van der Waals surface area contributed by atoms with Crippen LogP contribution in [0.4, 0.5) is 0 Å². The van der Waals surface area contributed by atoms with Crippen molar-refractivity contribution in [3.05, 3.63) is 0 Å². The summed E-state index contributed by atoms with van der Waals surface area (Å²) in [4.78, 5) is 0. The summed E-state index contributed by atoms with van der Waals surface area (Å²) in [6.07, 6.45) is 26.3. The molecule has 35 heavy (non-hydrogen) atoms. The van der Waals surface area contributed by atoms with Gasteiger partial charge in [-0.2, -0.15) is 20.4 Å². The van der Waals surface area contributed by atoms with Crippen molar-refractivity contribution in [3.8, 4) is 0 Å². The lowest BCUT2D eigenvalue weighted by Crippen LogP contribution is -2.10. The molecule has 2 aliphatic rings. The van der Waals surface area contributed by atoms with E-state index < -0.39 is 0 Å². The van der Waals surface area contributed by atoms with Gasteiger partial charge in [-0.15, -0.1) is 0 Å². The van der Waals surface area contributed by atoms with Gasteiger partial charge in [0.1, 0.15) is 0 Å². The van der Waals surface area contributed by atoms with E-state index in [9.17, 15) is 0 Å². The number of nitrogens with zero attached hydrogens (tertiary/aromatic N) is 4. The van der Waals surface area contributed by atoms with Gasteiger partial charge in [-0.1, -0.05) is 101 Å². The van der Waals surface area contributed by atoms with Crippen LogP contribution in [0, 0.1) is 0 Å². The molecule has 2 aliphatic heterocycles. The van der Waals surface area contributed by atoms with Crippen LogP contribution in [0.15, 0.2) is 20.4 Å². The quantitative estimate of drug-likeness (QED) is 0.171. The Morgan fingerprint density at radius 2 is 0.600 bits per heavy atom. The van der Waals surface area contributed by atoms with Crippen LogP contribution < -0.4 is 0 Å². The Hall–Kier alpha value is -1.32. The fourth-order valence-corrected chi connectivity index (χ4v) is 4.46. The minimum absolute atomic E-state index is 0. The topological polar surface area (TPSA) is 49.4 Å². The fourth-order valence-electron chi connectivity index (χ4n) is 4.46. The van der Waals surface area contributed by atoms with Gasteiger partial charge in [-0.3, -0.25) is 0 Å². The van der Waals surface area contributed by atoms with Gasteiger partial charge in [-0.05, 0) is 77.0 Å². The molecule has 0 saturated carbocycles. The van der Waals surface area contributed by atoms with E-state index in [-0.39, 0.29) is 29.7 Å². The smallest absolute Gasteiger partial charge is 0.0409 e. The second-order valence-electron chi connectivity index (χ2n) is 9.55. The summed E-state index contributed by atoms with van der Waals surface area (Å²) in [7, 11) is 0. The highest BCUT2D eigenvalue weighted by Gasteiger charge is 2.11. The molecule has 208 valence electrons. The highest BCUT2D eigenvalue weighted by molar-refractivity contribution is 5.95. The summed E-state index contributed by atoms with van der Waals surface area (Å²) in [5.74, 6) is 0. The first-order chi connectivity index (χ1) is 15.3. The summed E-state index contributed by atoms with van der Waals surface area (Å²) in [6, 6.07) is 0. The molecule has 0 amide bonds. The molecule has 4 nitrogen and oxygen atoms in total. The van der Waals surface area contributed by atoms with Crippen molar-refractivity contribution < 1.29 is 0 Å². The highest BCUT2D eigenvalue weighted by Crippen LogP contribution is 2.18. The number of hydrogen-bond acceptors (Lipinski definition) is 4. The molecule has 0 aliphatic carbocycles. The molecule has 0 spiro atoms. The highest BCUT2D eigenvalue weighted by atomic mass is 15.2. The van der Waals surface area contributed by atoms with Crippen molar-refractivity contribution in [3.63, 3.8) is 0 Å². The summed E-state index contributed by atoms with van der Waals surface area (Å²) < 4.78 is 0. The lowest BCUT2D eigenvalue weighted by Gasteiger charge is -2.13. The number of rotatable bonds is 18. The third-order valence-corrected chi connectivity index (χ3v) is 6.64. The molecule has 0 aromatic carbocycles. The Morgan fingerprint density at radius 3 is 0.829 bits per heavy atom. The van der Waals surface area contributed by atoms with Gasteiger partial charge in [-0.25, -0.2) is 0 Å². The second kappa shape index (κ2) is 25.8. The van der Waals surface area contributed by atoms with Crippen LogP contribution in [-0.2, 0) is 0 Å². The van der Waals surface area contributed by atoms with Gasteiger partial charge < -0.3 is 0 Å². The summed E-state index contributed by atoms with van der Waals surface area (Å²) in [6.45, 7) is 4.54. The van der Waals surface area contributed by atoms with Crippen LogP contribution >= 0.6 is 0 Å². The van der Waals surface area contributed by atoms with Crippen LogP contribution in [0.5, 0.6) is 0 Å². The van der Waals surface area contributed by atoms with E-state index in [1.165, 1.54) is 106 Å². The molecule has 0 N–H and O–H groups in total. The first kappa shape index (κ1) is 38.2. The van der Waals surface area contributed by atoms with Gasteiger partial charge in [0.05, 0.1) is 0 Å². The van der Waals surface area contributed by atoms with Crippen molar-refractivity contribution in [2.45, 2.75) is 178 Å². The Bertz CT molecular complexity index is 549. The Balaban J connectivity index is -0.00000256. The van der Waals surface area contributed by atoms with Crippen molar-refractivity contribution in [2.75, 3.05) is 0 Å². The Labute approximate surface area is 221 Å². The van der Waals surface area contributed by atoms with Crippen molar-refractivity contribution in [1.82, 2.24) is 0 Å². The Morgan fingerprint density at radius 1 is 0.371 bits per heavy atom. The van der Waals surface area contributed by atoms with Crippen molar-refractivity contribution in [1.29, 1.82) is 0 Å². The van der Waals surface area contributed by atoms with Crippen LogP contribution in [0.2, 0.25) is 0 Å². The molecule has 0 saturated heterocycles. The zero-order valence-corrected chi connectivity index (χ0v) is 20.6. The van der Waals surface area contributed by atoms with Gasteiger partial charge in [0.25, 0.3) is 0 Å². The maximum atomic E-state index is 4.53.